The summed E-state index contributed by atoms with van der Waals surface area (Å²) < 4.78 is 5.29. The molecule has 0 radical (unpaired) electrons. The van der Waals surface area contributed by atoms with Gasteiger partial charge in [0.15, 0.2) is 0 Å². The number of benzene rings is 1. The minimum atomic E-state index is -0.280. The highest BCUT2D eigenvalue weighted by Gasteiger charge is 2.28. The van der Waals surface area contributed by atoms with E-state index in [-0.39, 0.29) is 11.9 Å². The van der Waals surface area contributed by atoms with Crippen LogP contribution in [0.25, 0.3) is 11.4 Å². The lowest BCUT2D eigenvalue weighted by atomic mass is 10.0. The van der Waals surface area contributed by atoms with Crippen LogP contribution in [-0.2, 0) is 11.3 Å². The molecule has 1 aromatic carbocycles. The number of hydrogen-bond donors (Lipinski definition) is 1. The zero-order valence-corrected chi connectivity index (χ0v) is 11.7. The summed E-state index contributed by atoms with van der Waals surface area (Å²) in [4.78, 5) is 17.9. The largest absolute Gasteiger partial charge is 0.368 e. The molecule has 0 bridgehead atoms. The Labute approximate surface area is 122 Å². The number of nitrogens with two attached hydrogens (primary N) is 1. The van der Waals surface area contributed by atoms with Gasteiger partial charge in [-0.3, -0.25) is 9.69 Å². The molecule has 1 saturated heterocycles. The Morgan fingerprint density at radius 3 is 2.90 bits per heavy atom. The Hall–Kier alpha value is -2.21. The molecule has 0 spiro atoms. The molecule has 1 fully saturated rings. The molecule has 0 aliphatic carbocycles. The molecule has 1 aliphatic rings. The van der Waals surface area contributed by atoms with Gasteiger partial charge in [-0.25, -0.2) is 0 Å². The predicted molar refractivity (Wildman–Crippen MR) is 77.0 cm³/mol. The molecular weight excluding hydrogens is 268 g/mol. The van der Waals surface area contributed by atoms with Gasteiger partial charge >= 0.3 is 0 Å². The number of amides is 1. The van der Waals surface area contributed by atoms with Crippen LogP contribution >= 0.6 is 0 Å². The van der Waals surface area contributed by atoms with E-state index in [9.17, 15) is 4.79 Å². The smallest absolute Gasteiger partial charge is 0.241 e. The average Bonchev–Trinajstić information content (AvgIpc) is 2.97. The van der Waals surface area contributed by atoms with E-state index in [1.165, 1.54) is 0 Å². The molecule has 21 heavy (non-hydrogen) atoms. The Kier molecular flexibility index (Phi) is 3.96. The zero-order chi connectivity index (χ0) is 14.7. The van der Waals surface area contributed by atoms with Crippen LogP contribution in [0, 0.1) is 0 Å². The highest BCUT2D eigenvalue weighted by atomic mass is 16.5. The first-order valence-electron chi connectivity index (χ1n) is 7.15. The minimum Gasteiger partial charge on any atom is -0.368 e. The van der Waals surface area contributed by atoms with Crippen molar-refractivity contribution in [3.63, 3.8) is 0 Å². The Morgan fingerprint density at radius 2 is 2.14 bits per heavy atom. The van der Waals surface area contributed by atoms with Gasteiger partial charge in [0.1, 0.15) is 0 Å². The summed E-state index contributed by atoms with van der Waals surface area (Å²) in [5, 5.41) is 3.99. The number of primary amides is 1. The fraction of sp³-hybridized carbons (Fsp3) is 0.400. The van der Waals surface area contributed by atoms with Gasteiger partial charge in [0.05, 0.1) is 12.6 Å². The van der Waals surface area contributed by atoms with Crippen LogP contribution in [0.3, 0.4) is 0 Å². The van der Waals surface area contributed by atoms with E-state index in [2.05, 4.69) is 10.1 Å². The average molecular weight is 286 g/mol. The normalized spacial score (nSPS) is 19.5. The third-order valence-electron chi connectivity index (χ3n) is 3.78. The highest BCUT2D eigenvalue weighted by Crippen LogP contribution is 2.20. The van der Waals surface area contributed by atoms with Gasteiger partial charge < -0.3 is 10.3 Å². The summed E-state index contributed by atoms with van der Waals surface area (Å²) in [6, 6.07) is 9.43. The first-order chi connectivity index (χ1) is 10.2. The third-order valence-corrected chi connectivity index (χ3v) is 3.78. The summed E-state index contributed by atoms with van der Waals surface area (Å²) in [6.07, 6.45) is 2.89. The second kappa shape index (κ2) is 6.05. The molecule has 1 aliphatic heterocycles. The van der Waals surface area contributed by atoms with Gasteiger partial charge in [-0.05, 0) is 19.4 Å². The van der Waals surface area contributed by atoms with E-state index in [4.69, 9.17) is 10.3 Å². The van der Waals surface area contributed by atoms with Crippen molar-refractivity contribution in [2.45, 2.75) is 31.8 Å². The molecule has 1 unspecified atom stereocenters. The molecule has 1 amide bonds. The number of aromatic nitrogens is 2. The Morgan fingerprint density at radius 1 is 1.33 bits per heavy atom. The molecule has 2 heterocycles. The minimum absolute atomic E-state index is 0.231. The number of carbonyl (C=O) groups is 1. The van der Waals surface area contributed by atoms with Crippen LogP contribution < -0.4 is 5.73 Å². The van der Waals surface area contributed by atoms with Crippen molar-refractivity contribution in [3.8, 4) is 11.4 Å². The maximum absolute atomic E-state index is 11.5. The summed E-state index contributed by atoms with van der Waals surface area (Å²) >= 11 is 0. The lowest BCUT2D eigenvalue weighted by Gasteiger charge is -2.32. The zero-order valence-electron chi connectivity index (χ0n) is 11.7. The number of piperidine rings is 1. The van der Waals surface area contributed by atoms with Gasteiger partial charge in [-0.2, -0.15) is 4.98 Å². The summed E-state index contributed by atoms with van der Waals surface area (Å²) in [5.74, 6) is 0.803. The molecule has 2 aromatic rings. The van der Waals surface area contributed by atoms with Crippen molar-refractivity contribution in [3.05, 3.63) is 36.2 Å². The lowest BCUT2D eigenvalue weighted by molar-refractivity contribution is -0.124. The van der Waals surface area contributed by atoms with Gasteiger partial charge in [0.25, 0.3) is 0 Å². The second-order valence-corrected chi connectivity index (χ2v) is 5.26. The molecule has 3 rings (SSSR count). The monoisotopic (exact) mass is 286 g/mol. The standard InChI is InChI=1S/C15H18N4O2/c16-14(20)12-8-4-5-9-19(12)10-13-17-15(18-21-13)11-6-2-1-3-7-11/h1-3,6-7,12H,4-5,8-10H2,(H2,16,20). The number of hydrogen-bond acceptors (Lipinski definition) is 5. The van der Waals surface area contributed by atoms with E-state index < -0.39 is 0 Å². The molecule has 1 atom stereocenters. The maximum Gasteiger partial charge on any atom is 0.241 e. The van der Waals surface area contributed by atoms with Crippen LogP contribution in [0.4, 0.5) is 0 Å². The van der Waals surface area contributed by atoms with E-state index in [1.807, 2.05) is 35.2 Å². The molecule has 1 aromatic heterocycles. The van der Waals surface area contributed by atoms with Crippen LogP contribution in [0.2, 0.25) is 0 Å². The second-order valence-electron chi connectivity index (χ2n) is 5.26. The van der Waals surface area contributed by atoms with Crippen molar-refractivity contribution < 1.29 is 9.32 Å². The third kappa shape index (κ3) is 3.11. The van der Waals surface area contributed by atoms with Gasteiger partial charge in [0, 0.05) is 5.56 Å². The summed E-state index contributed by atoms with van der Waals surface area (Å²) in [7, 11) is 0. The van der Waals surface area contributed by atoms with Crippen molar-refractivity contribution >= 4 is 5.91 Å². The summed E-state index contributed by atoms with van der Waals surface area (Å²) in [6.45, 7) is 1.30. The van der Waals surface area contributed by atoms with Crippen LogP contribution in [0.5, 0.6) is 0 Å². The van der Waals surface area contributed by atoms with Gasteiger partial charge in [-0.15, -0.1) is 0 Å². The molecule has 6 heteroatoms. The van der Waals surface area contributed by atoms with Crippen LogP contribution in [-0.4, -0.2) is 33.5 Å². The van der Waals surface area contributed by atoms with Crippen molar-refractivity contribution in [1.82, 2.24) is 15.0 Å². The SMILES string of the molecule is NC(=O)C1CCCCN1Cc1nc(-c2ccccc2)no1. The van der Waals surface area contributed by atoms with E-state index in [0.717, 1.165) is 31.4 Å². The van der Waals surface area contributed by atoms with Crippen molar-refractivity contribution in [1.29, 1.82) is 0 Å². The first-order valence-corrected chi connectivity index (χ1v) is 7.15. The number of rotatable bonds is 4. The highest BCUT2D eigenvalue weighted by molar-refractivity contribution is 5.79. The van der Waals surface area contributed by atoms with Gasteiger partial charge in [-0.1, -0.05) is 41.9 Å². The molecule has 110 valence electrons. The summed E-state index contributed by atoms with van der Waals surface area (Å²) in [5.41, 5.74) is 6.37. The Balaban J connectivity index is 1.73. The molecular formula is C15H18N4O2. The molecule has 0 saturated carbocycles. The fourth-order valence-corrected chi connectivity index (χ4v) is 2.70. The van der Waals surface area contributed by atoms with Crippen molar-refractivity contribution in [2.75, 3.05) is 6.54 Å². The fourth-order valence-electron chi connectivity index (χ4n) is 2.70. The molecule has 6 nitrogen and oxygen atoms in total. The molecule has 2 N–H and O–H groups in total. The predicted octanol–water partition coefficient (Wildman–Crippen LogP) is 1.58. The number of carbonyl (C=O) groups excluding carboxylic acids is 1. The maximum atomic E-state index is 11.5. The Bertz CT molecular complexity index is 611. The van der Waals surface area contributed by atoms with Crippen LogP contribution in [0.1, 0.15) is 25.2 Å². The quantitative estimate of drug-likeness (QED) is 0.922. The topological polar surface area (TPSA) is 85.3 Å². The van der Waals surface area contributed by atoms with Gasteiger partial charge in [0.2, 0.25) is 17.6 Å². The lowest BCUT2D eigenvalue weighted by Crippen LogP contribution is -2.47. The van der Waals surface area contributed by atoms with Crippen molar-refractivity contribution in [2.24, 2.45) is 5.73 Å². The van der Waals surface area contributed by atoms with E-state index >= 15 is 0 Å². The number of likely N-dealkylation sites (tertiary alicyclic amines) is 1. The van der Waals surface area contributed by atoms with E-state index in [1.54, 1.807) is 0 Å². The first kappa shape index (κ1) is 13.8. The van der Waals surface area contributed by atoms with Crippen LogP contribution in [0.15, 0.2) is 34.9 Å². The van der Waals surface area contributed by atoms with E-state index in [0.29, 0.717) is 18.3 Å². The number of nitrogens with zero attached hydrogens (tertiary/aromatic N) is 3.